The molecule has 2 bridgehead atoms. The Morgan fingerprint density at radius 3 is 2.45 bits per heavy atom. The standard InChI is InChI=1S/C23H28INO7S/c1-22(2,24)21(27)30-17-14-12-15-18(17)32-33(28,29)19(15)16(14)20(26)31-23(8-10-25-11-9-23)13-6-4-3-5-7-13/h3-7,14-19,25H,8-12H2,1-2H3/p+1. The van der Waals surface area contributed by atoms with Gasteiger partial charge < -0.3 is 14.8 Å². The number of esters is 2. The number of alkyl halides is 1. The summed E-state index contributed by atoms with van der Waals surface area (Å²) < 4.78 is 42.4. The lowest BCUT2D eigenvalue weighted by atomic mass is 9.82. The summed E-state index contributed by atoms with van der Waals surface area (Å²) in [7, 11) is -3.96. The number of hydrogen-bond donors (Lipinski definition) is 1. The zero-order valence-corrected chi connectivity index (χ0v) is 21.6. The van der Waals surface area contributed by atoms with Gasteiger partial charge in [-0.2, -0.15) is 8.42 Å². The average Bonchev–Trinajstić information content (AvgIpc) is 3.37. The van der Waals surface area contributed by atoms with Crippen molar-refractivity contribution in [2.24, 2.45) is 17.8 Å². The Kier molecular flexibility index (Phi) is 5.81. The third kappa shape index (κ3) is 3.90. The fraction of sp³-hybridized carbons (Fsp3) is 0.652. The van der Waals surface area contributed by atoms with Gasteiger partial charge in [0, 0.05) is 24.7 Å². The summed E-state index contributed by atoms with van der Waals surface area (Å²) in [5.41, 5.74) is 0.140. The van der Waals surface area contributed by atoms with Gasteiger partial charge in [0.15, 0.2) is 0 Å². The molecule has 2 saturated carbocycles. The van der Waals surface area contributed by atoms with Crippen LogP contribution in [0.1, 0.15) is 38.7 Å². The van der Waals surface area contributed by atoms with Crippen LogP contribution in [0.15, 0.2) is 30.3 Å². The number of hydrogen-bond acceptors (Lipinski definition) is 7. The number of carbonyl (C=O) groups excluding carboxylic acids is 2. The van der Waals surface area contributed by atoms with Crippen LogP contribution in [0.25, 0.3) is 0 Å². The summed E-state index contributed by atoms with van der Waals surface area (Å²) in [6.45, 7) is 5.09. The minimum Gasteiger partial charge on any atom is -0.458 e. The van der Waals surface area contributed by atoms with E-state index >= 15 is 0 Å². The van der Waals surface area contributed by atoms with E-state index in [9.17, 15) is 18.0 Å². The van der Waals surface area contributed by atoms with Crippen molar-refractivity contribution in [1.29, 1.82) is 0 Å². The molecule has 10 heteroatoms. The molecule has 4 fully saturated rings. The van der Waals surface area contributed by atoms with Gasteiger partial charge in [-0.25, -0.2) is 0 Å². The maximum Gasteiger partial charge on any atom is 0.321 e. The second-order valence-electron chi connectivity index (χ2n) is 10.1. The molecule has 2 saturated heterocycles. The number of halogens is 1. The molecule has 0 spiro atoms. The first-order valence-corrected chi connectivity index (χ1v) is 14.0. The van der Waals surface area contributed by atoms with Gasteiger partial charge >= 0.3 is 11.9 Å². The van der Waals surface area contributed by atoms with Crippen LogP contribution in [-0.4, -0.2) is 54.3 Å². The van der Waals surface area contributed by atoms with Gasteiger partial charge in [0.05, 0.1) is 19.0 Å². The third-order valence-electron chi connectivity index (χ3n) is 7.63. The highest BCUT2D eigenvalue weighted by Crippen LogP contribution is 2.59. The highest BCUT2D eigenvalue weighted by molar-refractivity contribution is 14.1. The first-order valence-electron chi connectivity index (χ1n) is 11.5. The molecule has 2 heterocycles. The van der Waals surface area contributed by atoms with Crippen molar-refractivity contribution >= 4 is 44.6 Å². The summed E-state index contributed by atoms with van der Waals surface area (Å²) >= 11 is 1.99. The lowest BCUT2D eigenvalue weighted by Crippen LogP contribution is -2.87. The van der Waals surface area contributed by atoms with E-state index < -0.39 is 60.4 Å². The second-order valence-corrected chi connectivity index (χ2v) is 14.5. The molecule has 6 atom stereocenters. The Balaban J connectivity index is 1.45. The predicted molar refractivity (Wildman–Crippen MR) is 126 cm³/mol. The Morgan fingerprint density at radius 2 is 1.82 bits per heavy atom. The SMILES string of the molecule is CC(C)(I)C(=O)OC1C2CC3C1OS(=O)(=O)C3C2C(=O)OC1(c2ccccc2)CC[NH2+]CC1. The normalized spacial score (nSPS) is 35.8. The van der Waals surface area contributed by atoms with Crippen LogP contribution in [0.2, 0.25) is 0 Å². The molecule has 0 amide bonds. The largest absolute Gasteiger partial charge is 0.458 e. The Bertz CT molecular complexity index is 1050. The fourth-order valence-electron chi connectivity index (χ4n) is 6.11. The first kappa shape index (κ1) is 23.5. The predicted octanol–water partition coefficient (Wildman–Crippen LogP) is 1.27. The lowest BCUT2D eigenvalue weighted by Gasteiger charge is -2.38. The van der Waals surface area contributed by atoms with Crippen LogP contribution < -0.4 is 5.32 Å². The quantitative estimate of drug-likeness (QED) is 0.238. The molecule has 2 aliphatic carbocycles. The number of nitrogens with two attached hydrogens (primary N) is 1. The molecule has 2 N–H and O–H groups in total. The highest BCUT2D eigenvalue weighted by Gasteiger charge is 2.72. The molecule has 0 aromatic heterocycles. The van der Waals surface area contributed by atoms with Crippen LogP contribution in [0, 0.1) is 17.8 Å². The van der Waals surface area contributed by atoms with E-state index in [2.05, 4.69) is 5.32 Å². The van der Waals surface area contributed by atoms with Crippen LogP contribution in [0.4, 0.5) is 0 Å². The zero-order valence-electron chi connectivity index (χ0n) is 18.6. The van der Waals surface area contributed by atoms with Gasteiger partial charge in [-0.15, -0.1) is 0 Å². The molecule has 2 aliphatic heterocycles. The molecule has 6 unspecified atom stereocenters. The van der Waals surface area contributed by atoms with Crippen molar-refractivity contribution < 1.29 is 37.0 Å². The van der Waals surface area contributed by atoms with Crippen LogP contribution in [0.3, 0.4) is 0 Å². The maximum absolute atomic E-state index is 13.7. The minimum atomic E-state index is -3.96. The molecule has 1 aromatic rings. The van der Waals surface area contributed by atoms with E-state index in [1.807, 2.05) is 52.9 Å². The van der Waals surface area contributed by atoms with Gasteiger partial charge in [-0.05, 0) is 25.8 Å². The summed E-state index contributed by atoms with van der Waals surface area (Å²) in [6, 6.07) is 9.67. The third-order valence-corrected chi connectivity index (χ3v) is 9.87. The number of rotatable bonds is 5. The Morgan fingerprint density at radius 1 is 1.15 bits per heavy atom. The summed E-state index contributed by atoms with van der Waals surface area (Å²) in [6.07, 6.45) is 0.294. The lowest BCUT2D eigenvalue weighted by molar-refractivity contribution is -0.668. The zero-order chi connectivity index (χ0) is 23.6. The van der Waals surface area contributed by atoms with Crippen molar-refractivity contribution in [2.75, 3.05) is 13.1 Å². The van der Waals surface area contributed by atoms with E-state index in [1.165, 1.54) is 0 Å². The van der Waals surface area contributed by atoms with E-state index in [0.717, 1.165) is 18.7 Å². The van der Waals surface area contributed by atoms with Crippen molar-refractivity contribution in [3.63, 3.8) is 0 Å². The number of piperidine rings is 1. The van der Waals surface area contributed by atoms with Crippen molar-refractivity contribution in [1.82, 2.24) is 0 Å². The van der Waals surface area contributed by atoms with Gasteiger partial charge in [0.1, 0.15) is 26.5 Å². The number of carbonyl (C=O) groups is 2. The van der Waals surface area contributed by atoms with Crippen molar-refractivity contribution in [3.8, 4) is 0 Å². The van der Waals surface area contributed by atoms with Gasteiger partial charge in [0.25, 0.3) is 10.1 Å². The minimum absolute atomic E-state index is 0.361. The molecular weight excluding hydrogens is 561 g/mol. The summed E-state index contributed by atoms with van der Waals surface area (Å²) in [5.74, 6) is -2.66. The molecule has 5 rings (SSSR count). The van der Waals surface area contributed by atoms with Crippen molar-refractivity contribution in [3.05, 3.63) is 35.9 Å². The highest BCUT2D eigenvalue weighted by atomic mass is 127. The molecule has 1 aromatic carbocycles. The van der Waals surface area contributed by atoms with Crippen molar-refractivity contribution in [2.45, 2.75) is 59.6 Å². The Hall–Kier alpha value is -1.24. The summed E-state index contributed by atoms with van der Waals surface area (Å²) in [4.78, 5) is 26.3. The first-order chi connectivity index (χ1) is 15.5. The van der Waals surface area contributed by atoms with Crippen LogP contribution in [-0.2, 0) is 39.0 Å². The van der Waals surface area contributed by atoms with E-state index in [4.69, 9.17) is 13.7 Å². The molecule has 33 heavy (non-hydrogen) atoms. The van der Waals surface area contributed by atoms with E-state index in [1.54, 1.807) is 13.8 Å². The molecule has 180 valence electrons. The van der Waals surface area contributed by atoms with Crippen LogP contribution >= 0.6 is 22.6 Å². The van der Waals surface area contributed by atoms with E-state index in [-0.39, 0.29) is 5.92 Å². The summed E-state index contributed by atoms with van der Waals surface area (Å²) in [5, 5.41) is 1.25. The van der Waals surface area contributed by atoms with Gasteiger partial charge in [0.2, 0.25) is 0 Å². The second kappa shape index (κ2) is 8.17. The fourth-order valence-corrected chi connectivity index (χ4v) is 8.29. The Labute approximate surface area is 207 Å². The van der Waals surface area contributed by atoms with Gasteiger partial charge in [-0.1, -0.05) is 52.9 Å². The number of benzene rings is 1. The molecular formula is C23H29INO7S+. The number of ether oxygens (including phenoxy) is 2. The maximum atomic E-state index is 13.7. The molecule has 4 aliphatic rings. The average molecular weight is 590 g/mol. The molecule has 0 radical (unpaired) electrons. The van der Waals surface area contributed by atoms with E-state index in [0.29, 0.717) is 19.3 Å². The topological polar surface area (TPSA) is 113 Å². The van der Waals surface area contributed by atoms with Crippen LogP contribution in [0.5, 0.6) is 0 Å². The molecule has 8 nitrogen and oxygen atoms in total. The number of fused-ring (bicyclic) bond motifs is 1. The van der Waals surface area contributed by atoms with Gasteiger partial charge in [-0.3, -0.25) is 13.8 Å². The monoisotopic (exact) mass is 590 g/mol. The number of quaternary nitrogens is 1. The smallest absolute Gasteiger partial charge is 0.321 e.